The van der Waals surface area contributed by atoms with Crippen molar-refractivity contribution in [2.45, 2.75) is 6.54 Å². The first-order valence-electron chi connectivity index (χ1n) is 3.44. The van der Waals surface area contributed by atoms with E-state index in [0.29, 0.717) is 5.82 Å². The summed E-state index contributed by atoms with van der Waals surface area (Å²) >= 11 is 0. The number of aliphatic hydroxyl groups is 1. The lowest BCUT2D eigenvalue weighted by Crippen LogP contribution is -2.26. The third-order valence-corrected chi connectivity index (χ3v) is 1.39. The standard InChI is InChI=1S/C6H10N4O2/c1-10-5(8-4-9-10)2-7-6(12)3-11/h4,11H,2-3H2,1H3,(H,7,12). The SMILES string of the molecule is Cn1ncnc1CNC(=O)CO. The van der Waals surface area contributed by atoms with E-state index in [9.17, 15) is 4.79 Å². The summed E-state index contributed by atoms with van der Waals surface area (Å²) in [6.45, 7) is -0.215. The van der Waals surface area contributed by atoms with E-state index in [1.54, 1.807) is 11.7 Å². The maximum atomic E-state index is 10.6. The van der Waals surface area contributed by atoms with Gasteiger partial charge in [0, 0.05) is 7.05 Å². The summed E-state index contributed by atoms with van der Waals surface area (Å²) in [5, 5.41) is 14.7. The number of nitrogens with zero attached hydrogens (tertiary/aromatic N) is 3. The van der Waals surface area contributed by atoms with Crippen LogP contribution < -0.4 is 5.32 Å². The normalized spacial score (nSPS) is 9.83. The van der Waals surface area contributed by atoms with Crippen LogP contribution in [0, 0.1) is 0 Å². The van der Waals surface area contributed by atoms with Crippen LogP contribution in [0.15, 0.2) is 6.33 Å². The average molecular weight is 170 g/mol. The molecular weight excluding hydrogens is 160 g/mol. The van der Waals surface area contributed by atoms with Crippen LogP contribution in [-0.2, 0) is 18.4 Å². The number of nitrogens with one attached hydrogen (secondary N) is 1. The maximum Gasteiger partial charge on any atom is 0.246 e. The van der Waals surface area contributed by atoms with Gasteiger partial charge in [-0.05, 0) is 0 Å². The third-order valence-electron chi connectivity index (χ3n) is 1.39. The molecule has 0 fully saturated rings. The second-order valence-corrected chi connectivity index (χ2v) is 2.23. The molecule has 66 valence electrons. The smallest absolute Gasteiger partial charge is 0.246 e. The van der Waals surface area contributed by atoms with Crippen molar-refractivity contribution >= 4 is 5.91 Å². The molecule has 1 heterocycles. The second-order valence-electron chi connectivity index (χ2n) is 2.23. The predicted molar refractivity (Wildman–Crippen MR) is 39.9 cm³/mol. The van der Waals surface area contributed by atoms with Gasteiger partial charge in [-0.1, -0.05) is 0 Å². The summed E-state index contributed by atoms with van der Waals surface area (Å²) in [4.78, 5) is 14.5. The van der Waals surface area contributed by atoms with E-state index in [4.69, 9.17) is 5.11 Å². The number of aryl methyl sites for hydroxylation is 1. The molecule has 0 aromatic carbocycles. The fourth-order valence-electron chi connectivity index (χ4n) is 0.714. The molecule has 2 N–H and O–H groups in total. The Bertz CT molecular complexity index is 270. The molecule has 0 aliphatic carbocycles. The highest BCUT2D eigenvalue weighted by Gasteiger charge is 2.01. The van der Waals surface area contributed by atoms with Gasteiger partial charge < -0.3 is 10.4 Å². The van der Waals surface area contributed by atoms with Crippen LogP contribution in [0.1, 0.15) is 5.82 Å². The first kappa shape index (κ1) is 8.66. The Morgan fingerprint density at radius 1 is 1.83 bits per heavy atom. The van der Waals surface area contributed by atoms with Gasteiger partial charge in [0.05, 0.1) is 6.54 Å². The minimum Gasteiger partial charge on any atom is -0.387 e. The minimum absolute atomic E-state index is 0.288. The van der Waals surface area contributed by atoms with Crippen molar-refractivity contribution in [1.29, 1.82) is 0 Å². The number of amides is 1. The third kappa shape index (κ3) is 2.03. The molecule has 0 aliphatic rings. The van der Waals surface area contributed by atoms with E-state index < -0.39 is 12.5 Å². The number of carbonyl (C=O) groups is 1. The maximum absolute atomic E-state index is 10.6. The van der Waals surface area contributed by atoms with Gasteiger partial charge in [-0.15, -0.1) is 0 Å². The zero-order valence-corrected chi connectivity index (χ0v) is 6.69. The van der Waals surface area contributed by atoms with Crippen LogP contribution >= 0.6 is 0 Å². The lowest BCUT2D eigenvalue weighted by Gasteiger charge is -2.01. The Hall–Kier alpha value is -1.43. The highest BCUT2D eigenvalue weighted by Crippen LogP contribution is 1.88. The lowest BCUT2D eigenvalue weighted by atomic mass is 10.5. The van der Waals surface area contributed by atoms with Gasteiger partial charge in [-0.3, -0.25) is 9.48 Å². The molecule has 0 atom stereocenters. The van der Waals surface area contributed by atoms with Crippen molar-refractivity contribution in [3.63, 3.8) is 0 Å². The number of hydrogen-bond acceptors (Lipinski definition) is 4. The van der Waals surface area contributed by atoms with Gasteiger partial charge in [0.1, 0.15) is 18.8 Å². The molecule has 1 rings (SSSR count). The average Bonchev–Trinajstić information content (AvgIpc) is 2.47. The van der Waals surface area contributed by atoms with E-state index in [1.807, 2.05) is 0 Å². The summed E-state index contributed by atoms with van der Waals surface area (Å²) in [5.41, 5.74) is 0. The van der Waals surface area contributed by atoms with Crippen LogP contribution in [0.5, 0.6) is 0 Å². The summed E-state index contributed by atoms with van der Waals surface area (Å²) < 4.78 is 1.55. The van der Waals surface area contributed by atoms with Crippen molar-refractivity contribution in [3.8, 4) is 0 Å². The molecule has 0 spiro atoms. The molecule has 0 aliphatic heterocycles. The molecule has 0 unspecified atom stereocenters. The Labute approximate surface area is 69.2 Å². The van der Waals surface area contributed by atoms with Crippen molar-refractivity contribution in [2.75, 3.05) is 6.61 Å². The quantitative estimate of drug-likeness (QED) is 0.574. The van der Waals surface area contributed by atoms with Crippen molar-refractivity contribution in [3.05, 3.63) is 12.2 Å². The molecule has 0 radical (unpaired) electrons. The zero-order chi connectivity index (χ0) is 8.97. The largest absolute Gasteiger partial charge is 0.387 e. The van der Waals surface area contributed by atoms with Gasteiger partial charge in [-0.2, -0.15) is 5.10 Å². The number of aromatic nitrogens is 3. The molecule has 1 amide bonds. The molecule has 6 heteroatoms. The van der Waals surface area contributed by atoms with Crippen LogP contribution in [0.2, 0.25) is 0 Å². The van der Waals surface area contributed by atoms with Crippen molar-refractivity contribution in [2.24, 2.45) is 7.05 Å². The van der Waals surface area contributed by atoms with Crippen LogP contribution in [-0.4, -0.2) is 32.4 Å². The Balaban J connectivity index is 2.43. The molecule has 1 aromatic rings. The van der Waals surface area contributed by atoms with Crippen molar-refractivity contribution < 1.29 is 9.90 Å². The highest BCUT2D eigenvalue weighted by molar-refractivity contribution is 5.76. The summed E-state index contributed by atoms with van der Waals surface area (Å²) in [5.74, 6) is 0.231. The fourth-order valence-corrected chi connectivity index (χ4v) is 0.714. The first-order chi connectivity index (χ1) is 5.74. The minimum atomic E-state index is -0.502. The Kier molecular flexibility index (Phi) is 2.76. The van der Waals surface area contributed by atoms with Gasteiger partial charge in [-0.25, -0.2) is 4.98 Å². The molecule has 1 aromatic heterocycles. The van der Waals surface area contributed by atoms with E-state index in [2.05, 4.69) is 15.4 Å². The van der Waals surface area contributed by atoms with Crippen LogP contribution in [0.25, 0.3) is 0 Å². The summed E-state index contributed by atoms with van der Waals surface area (Å²) in [6, 6.07) is 0. The zero-order valence-electron chi connectivity index (χ0n) is 6.69. The number of rotatable bonds is 3. The van der Waals surface area contributed by atoms with Gasteiger partial charge in [0.2, 0.25) is 5.91 Å². The van der Waals surface area contributed by atoms with Gasteiger partial charge in [0.25, 0.3) is 0 Å². The fraction of sp³-hybridized carbons (Fsp3) is 0.500. The van der Waals surface area contributed by atoms with E-state index in [0.717, 1.165) is 0 Å². The second kappa shape index (κ2) is 3.82. The van der Waals surface area contributed by atoms with E-state index in [1.165, 1.54) is 6.33 Å². The Morgan fingerprint density at radius 2 is 2.58 bits per heavy atom. The van der Waals surface area contributed by atoms with Crippen molar-refractivity contribution in [1.82, 2.24) is 20.1 Å². The number of hydrogen-bond donors (Lipinski definition) is 2. The molecule has 0 saturated carbocycles. The van der Waals surface area contributed by atoms with Gasteiger partial charge in [0.15, 0.2) is 0 Å². The van der Waals surface area contributed by atoms with Gasteiger partial charge >= 0.3 is 0 Å². The number of aliphatic hydroxyl groups excluding tert-OH is 1. The molecular formula is C6H10N4O2. The molecule has 0 bridgehead atoms. The van der Waals surface area contributed by atoms with E-state index in [-0.39, 0.29) is 6.54 Å². The number of carbonyl (C=O) groups excluding carboxylic acids is 1. The molecule has 6 nitrogen and oxygen atoms in total. The molecule has 0 saturated heterocycles. The van der Waals surface area contributed by atoms with Crippen LogP contribution in [0.4, 0.5) is 0 Å². The lowest BCUT2D eigenvalue weighted by molar-refractivity contribution is -0.124. The topological polar surface area (TPSA) is 80.0 Å². The predicted octanol–water partition coefficient (Wildman–Crippen LogP) is -1.58. The van der Waals surface area contributed by atoms with Crippen LogP contribution in [0.3, 0.4) is 0 Å². The summed E-state index contributed by atoms with van der Waals surface area (Å²) in [6.07, 6.45) is 1.40. The first-order valence-corrected chi connectivity index (χ1v) is 3.44. The summed E-state index contributed by atoms with van der Waals surface area (Å²) in [7, 11) is 1.73. The van der Waals surface area contributed by atoms with E-state index >= 15 is 0 Å². The monoisotopic (exact) mass is 170 g/mol. The Morgan fingerprint density at radius 3 is 3.08 bits per heavy atom. The molecule has 12 heavy (non-hydrogen) atoms. The highest BCUT2D eigenvalue weighted by atomic mass is 16.3.